The van der Waals surface area contributed by atoms with Crippen LogP contribution in [0.3, 0.4) is 0 Å². The number of alkyl halides is 2. The maximum atomic E-state index is 12.6. The van der Waals surface area contributed by atoms with E-state index < -0.39 is 6.61 Å². The van der Waals surface area contributed by atoms with Crippen molar-refractivity contribution in [1.82, 2.24) is 10.2 Å². The molecule has 1 saturated heterocycles. The molecular formula is C16H22F2N2O. The molecule has 3 nitrogen and oxygen atoms in total. The van der Waals surface area contributed by atoms with Gasteiger partial charge < -0.3 is 10.1 Å². The van der Waals surface area contributed by atoms with Crippen LogP contribution in [0.5, 0.6) is 5.75 Å². The number of allylic oxidation sites excluding steroid dienone is 1. The van der Waals surface area contributed by atoms with Crippen LogP contribution in [0.25, 0.3) is 0 Å². The van der Waals surface area contributed by atoms with Crippen molar-refractivity contribution in [1.29, 1.82) is 0 Å². The highest BCUT2D eigenvalue weighted by Gasteiger charge is 2.24. The molecule has 1 aromatic carbocycles. The molecule has 1 aliphatic heterocycles. The van der Waals surface area contributed by atoms with Crippen LogP contribution in [0, 0.1) is 0 Å². The van der Waals surface area contributed by atoms with Gasteiger partial charge in [0.1, 0.15) is 5.75 Å². The average molecular weight is 296 g/mol. The van der Waals surface area contributed by atoms with Crippen molar-refractivity contribution >= 4 is 0 Å². The van der Waals surface area contributed by atoms with Gasteiger partial charge in [-0.3, -0.25) is 4.90 Å². The number of halogens is 2. The summed E-state index contributed by atoms with van der Waals surface area (Å²) in [6, 6.07) is 7.18. The Bertz CT molecular complexity index is 448. The smallest absolute Gasteiger partial charge is 0.387 e. The van der Waals surface area contributed by atoms with E-state index in [0.717, 1.165) is 44.6 Å². The third-order valence-corrected chi connectivity index (χ3v) is 3.73. The van der Waals surface area contributed by atoms with Crippen LogP contribution in [0.15, 0.2) is 36.9 Å². The van der Waals surface area contributed by atoms with Gasteiger partial charge in [0.05, 0.1) is 0 Å². The quantitative estimate of drug-likeness (QED) is 0.782. The first kappa shape index (κ1) is 15.9. The Labute approximate surface area is 124 Å². The molecule has 1 N–H and O–H groups in total. The van der Waals surface area contributed by atoms with Crippen LogP contribution >= 0.6 is 0 Å². The minimum Gasteiger partial charge on any atom is -0.434 e. The molecule has 21 heavy (non-hydrogen) atoms. The molecule has 0 radical (unpaired) electrons. The maximum Gasteiger partial charge on any atom is 0.387 e. The zero-order valence-corrected chi connectivity index (χ0v) is 12.1. The molecule has 2 rings (SSSR count). The summed E-state index contributed by atoms with van der Waals surface area (Å²) in [6.45, 7) is 4.62. The van der Waals surface area contributed by atoms with E-state index in [-0.39, 0.29) is 11.8 Å². The molecule has 1 fully saturated rings. The Morgan fingerprint density at radius 1 is 1.29 bits per heavy atom. The number of nitrogens with zero attached hydrogens (tertiary/aromatic N) is 1. The lowest BCUT2D eigenvalue weighted by atomic mass is 9.98. The van der Waals surface area contributed by atoms with E-state index in [2.05, 4.69) is 16.8 Å². The lowest BCUT2D eigenvalue weighted by Gasteiger charge is -2.35. The summed E-state index contributed by atoms with van der Waals surface area (Å²) in [5, 5.41) is 3.31. The van der Waals surface area contributed by atoms with E-state index in [1.54, 1.807) is 12.1 Å². The molecule has 116 valence electrons. The van der Waals surface area contributed by atoms with Gasteiger partial charge in [-0.05, 0) is 18.9 Å². The molecule has 1 aliphatic rings. The van der Waals surface area contributed by atoms with E-state index in [0.29, 0.717) is 0 Å². The molecule has 0 aromatic heterocycles. The molecule has 0 unspecified atom stereocenters. The molecule has 1 aromatic rings. The van der Waals surface area contributed by atoms with Crippen LogP contribution in [0.2, 0.25) is 0 Å². The standard InChI is InChI=1S/C16H22F2N2O/c1-2-3-7-14(20-11-9-19-10-12-20)13-6-4-5-8-15(13)21-16(17)18/h2,4-6,8,14,16,19H,1,3,7,9-12H2/t14-/m0/s1. The summed E-state index contributed by atoms with van der Waals surface area (Å²) in [6.07, 6.45) is 3.57. The predicted molar refractivity (Wildman–Crippen MR) is 79.7 cm³/mol. The Morgan fingerprint density at radius 2 is 2.00 bits per heavy atom. The maximum absolute atomic E-state index is 12.6. The van der Waals surface area contributed by atoms with Gasteiger partial charge in [0.15, 0.2) is 0 Å². The Balaban J connectivity index is 2.24. The topological polar surface area (TPSA) is 24.5 Å². The molecule has 0 amide bonds. The van der Waals surface area contributed by atoms with Crippen LogP contribution in [0.1, 0.15) is 24.4 Å². The first-order chi connectivity index (χ1) is 10.2. The van der Waals surface area contributed by atoms with Crippen molar-refractivity contribution in [3.63, 3.8) is 0 Å². The Hall–Kier alpha value is -1.46. The van der Waals surface area contributed by atoms with E-state index in [9.17, 15) is 8.78 Å². The largest absolute Gasteiger partial charge is 0.434 e. The summed E-state index contributed by atoms with van der Waals surface area (Å²) in [7, 11) is 0. The third kappa shape index (κ3) is 4.51. The molecule has 0 spiro atoms. The van der Waals surface area contributed by atoms with Gasteiger partial charge in [-0.25, -0.2) is 0 Å². The number of para-hydroxylation sites is 1. The van der Waals surface area contributed by atoms with Gasteiger partial charge in [-0.15, -0.1) is 6.58 Å². The molecule has 5 heteroatoms. The highest BCUT2D eigenvalue weighted by atomic mass is 19.3. The second kappa shape index (κ2) is 8.10. The van der Waals surface area contributed by atoms with E-state index in [1.807, 2.05) is 18.2 Å². The van der Waals surface area contributed by atoms with E-state index in [1.165, 1.54) is 0 Å². The van der Waals surface area contributed by atoms with Gasteiger partial charge in [0.2, 0.25) is 0 Å². The second-order valence-electron chi connectivity index (χ2n) is 5.08. The fraction of sp³-hybridized carbons (Fsp3) is 0.500. The van der Waals surface area contributed by atoms with Crippen molar-refractivity contribution < 1.29 is 13.5 Å². The Morgan fingerprint density at radius 3 is 2.67 bits per heavy atom. The summed E-state index contributed by atoms with van der Waals surface area (Å²) >= 11 is 0. The normalized spacial score (nSPS) is 17.7. The minimum absolute atomic E-state index is 0.0834. The molecule has 0 saturated carbocycles. The van der Waals surface area contributed by atoms with Crippen LogP contribution in [-0.2, 0) is 0 Å². The molecule has 1 atom stereocenters. The number of hydrogen-bond donors (Lipinski definition) is 1. The zero-order valence-electron chi connectivity index (χ0n) is 12.1. The number of nitrogens with one attached hydrogen (secondary N) is 1. The van der Waals surface area contributed by atoms with Crippen molar-refractivity contribution in [2.45, 2.75) is 25.5 Å². The fourth-order valence-corrected chi connectivity index (χ4v) is 2.76. The number of rotatable bonds is 7. The zero-order chi connectivity index (χ0) is 15.1. The summed E-state index contributed by atoms with van der Waals surface area (Å²) in [4.78, 5) is 2.33. The molecule has 1 heterocycles. The monoisotopic (exact) mass is 296 g/mol. The summed E-state index contributed by atoms with van der Waals surface area (Å²) < 4.78 is 29.9. The lowest BCUT2D eigenvalue weighted by Crippen LogP contribution is -2.45. The van der Waals surface area contributed by atoms with Crippen molar-refractivity contribution in [2.75, 3.05) is 26.2 Å². The first-order valence-electron chi connectivity index (χ1n) is 7.31. The third-order valence-electron chi connectivity index (χ3n) is 3.73. The SMILES string of the molecule is C=CCC[C@@H](c1ccccc1OC(F)F)N1CCNCC1. The van der Waals surface area contributed by atoms with Crippen molar-refractivity contribution in [2.24, 2.45) is 0 Å². The number of ether oxygens (including phenoxy) is 1. The van der Waals surface area contributed by atoms with Gasteiger partial charge in [0.25, 0.3) is 0 Å². The minimum atomic E-state index is -2.80. The predicted octanol–water partition coefficient (Wildman–Crippen LogP) is 3.20. The number of hydrogen-bond acceptors (Lipinski definition) is 3. The van der Waals surface area contributed by atoms with E-state index >= 15 is 0 Å². The van der Waals surface area contributed by atoms with Gasteiger partial charge in [-0.2, -0.15) is 8.78 Å². The average Bonchev–Trinajstić information content (AvgIpc) is 2.50. The second-order valence-corrected chi connectivity index (χ2v) is 5.08. The van der Waals surface area contributed by atoms with Crippen molar-refractivity contribution in [3.05, 3.63) is 42.5 Å². The van der Waals surface area contributed by atoms with E-state index in [4.69, 9.17) is 4.74 Å². The molecule has 0 bridgehead atoms. The van der Waals surface area contributed by atoms with Crippen LogP contribution in [-0.4, -0.2) is 37.7 Å². The highest BCUT2D eigenvalue weighted by molar-refractivity contribution is 5.36. The molecular weight excluding hydrogens is 274 g/mol. The Kier molecular flexibility index (Phi) is 6.14. The van der Waals surface area contributed by atoms with Gasteiger partial charge in [0, 0.05) is 37.8 Å². The lowest BCUT2D eigenvalue weighted by molar-refractivity contribution is -0.0513. The van der Waals surface area contributed by atoms with Crippen LogP contribution < -0.4 is 10.1 Å². The van der Waals surface area contributed by atoms with Crippen molar-refractivity contribution in [3.8, 4) is 5.75 Å². The van der Waals surface area contributed by atoms with Gasteiger partial charge in [-0.1, -0.05) is 24.3 Å². The highest BCUT2D eigenvalue weighted by Crippen LogP contribution is 2.33. The summed E-state index contributed by atoms with van der Waals surface area (Å²) in [5.41, 5.74) is 0.835. The first-order valence-corrected chi connectivity index (χ1v) is 7.31. The fourth-order valence-electron chi connectivity index (χ4n) is 2.76. The number of piperazine rings is 1. The van der Waals surface area contributed by atoms with Crippen LogP contribution in [0.4, 0.5) is 8.78 Å². The summed E-state index contributed by atoms with van der Waals surface area (Å²) in [5.74, 6) is 0.278. The number of benzene rings is 1. The molecule has 0 aliphatic carbocycles. The van der Waals surface area contributed by atoms with Gasteiger partial charge >= 0.3 is 6.61 Å².